The zero-order chi connectivity index (χ0) is 15.4. The van der Waals surface area contributed by atoms with Gasteiger partial charge in [-0.25, -0.2) is 4.21 Å². The standard InChI is InChI=1S/C18H19NO2S/c20-18-17(13-16-9-5-2-6-10-16)14-22(21,19-18)12-11-15-7-3-1-4-8-15/h1-10,17H,11-14H2/t17-,22?/m1/s1. The van der Waals surface area contributed by atoms with E-state index in [9.17, 15) is 9.00 Å². The lowest BCUT2D eigenvalue weighted by Gasteiger charge is -2.08. The minimum absolute atomic E-state index is 0.193. The summed E-state index contributed by atoms with van der Waals surface area (Å²) < 4.78 is 16.8. The minimum atomic E-state index is -2.39. The number of nitrogens with zero attached hydrogens (tertiary/aromatic N) is 1. The topological polar surface area (TPSA) is 46.5 Å². The highest BCUT2D eigenvalue weighted by molar-refractivity contribution is 7.94. The second-order valence-electron chi connectivity index (χ2n) is 5.70. The van der Waals surface area contributed by atoms with E-state index in [1.807, 2.05) is 60.7 Å². The smallest absolute Gasteiger partial charge is 0.258 e. The molecule has 0 aliphatic carbocycles. The number of rotatable bonds is 5. The summed E-state index contributed by atoms with van der Waals surface area (Å²) in [5.74, 6) is 0.439. The van der Waals surface area contributed by atoms with Crippen LogP contribution in [0.5, 0.6) is 0 Å². The summed E-state index contributed by atoms with van der Waals surface area (Å²) in [6.45, 7) is 0. The quantitative estimate of drug-likeness (QED) is 0.851. The van der Waals surface area contributed by atoms with Gasteiger partial charge in [0.1, 0.15) is 0 Å². The maximum atomic E-state index is 12.8. The Morgan fingerprint density at radius 2 is 1.55 bits per heavy atom. The van der Waals surface area contributed by atoms with Crippen LogP contribution in [-0.4, -0.2) is 21.6 Å². The van der Waals surface area contributed by atoms with E-state index in [-0.39, 0.29) is 11.8 Å². The third-order valence-electron chi connectivity index (χ3n) is 3.94. The van der Waals surface area contributed by atoms with Crippen molar-refractivity contribution in [2.24, 2.45) is 10.3 Å². The van der Waals surface area contributed by atoms with E-state index in [1.54, 1.807) is 0 Å². The lowest BCUT2D eigenvalue weighted by Crippen LogP contribution is -2.18. The Labute approximate surface area is 131 Å². The Morgan fingerprint density at radius 1 is 0.955 bits per heavy atom. The molecule has 114 valence electrons. The first kappa shape index (κ1) is 15.0. The lowest BCUT2D eigenvalue weighted by atomic mass is 10.0. The van der Waals surface area contributed by atoms with Gasteiger partial charge in [0, 0.05) is 11.5 Å². The van der Waals surface area contributed by atoms with E-state index >= 15 is 0 Å². The number of hydrogen-bond acceptors (Lipinski definition) is 2. The first-order valence-electron chi connectivity index (χ1n) is 7.49. The van der Waals surface area contributed by atoms with Crippen LogP contribution in [0.2, 0.25) is 0 Å². The van der Waals surface area contributed by atoms with E-state index in [4.69, 9.17) is 0 Å². The van der Waals surface area contributed by atoms with Crippen molar-refractivity contribution < 1.29 is 9.00 Å². The van der Waals surface area contributed by atoms with E-state index in [1.165, 1.54) is 0 Å². The summed E-state index contributed by atoms with van der Waals surface area (Å²) >= 11 is 0. The molecule has 0 bridgehead atoms. The fourth-order valence-electron chi connectivity index (χ4n) is 2.76. The Bertz CT molecular complexity index is 762. The highest BCUT2D eigenvalue weighted by Crippen LogP contribution is 2.22. The van der Waals surface area contributed by atoms with E-state index < -0.39 is 9.73 Å². The highest BCUT2D eigenvalue weighted by atomic mass is 32.2. The van der Waals surface area contributed by atoms with Gasteiger partial charge in [0.15, 0.2) is 0 Å². The van der Waals surface area contributed by atoms with Gasteiger partial charge in [-0.1, -0.05) is 60.7 Å². The molecule has 0 radical (unpaired) electrons. The molecule has 22 heavy (non-hydrogen) atoms. The Morgan fingerprint density at radius 3 is 2.18 bits per heavy atom. The Hall–Kier alpha value is -1.94. The van der Waals surface area contributed by atoms with Crippen molar-refractivity contribution in [3.63, 3.8) is 0 Å². The van der Waals surface area contributed by atoms with Crippen LogP contribution in [-0.2, 0) is 27.4 Å². The summed E-state index contributed by atoms with van der Waals surface area (Å²) in [5, 5.41) is 0. The molecular weight excluding hydrogens is 294 g/mol. The predicted octanol–water partition coefficient (Wildman–Crippen LogP) is 3.10. The van der Waals surface area contributed by atoms with Crippen molar-refractivity contribution >= 4 is 15.6 Å². The van der Waals surface area contributed by atoms with Gasteiger partial charge in [0.05, 0.1) is 15.6 Å². The lowest BCUT2D eigenvalue weighted by molar-refractivity contribution is -0.120. The van der Waals surface area contributed by atoms with Crippen molar-refractivity contribution in [2.75, 3.05) is 11.5 Å². The fraction of sp³-hybridized carbons (Fsp3) is 0.278. The van der Waals surface area contributed by atoms with Crippen molar-refractivity contribution in [1.29, 1.82) is 0 Å². The molecule has 4 heteroatoms. The molecule has 2 atom stereocenters. The molecule has 3 nitrogen and oxygen atoms in total. The molecule has 0 N–H and O–H groups in total. The first-order chi connectivity index (χ1) is 10.6. The number of hydrogen-bond donors (Lipinski definition) is 0. The molecule has 0 spiro atoms. The normalized spacial score (nSPS) is 24.2. The zero-order valence-electron chi connectivity index (χ0n) is 12.4. The van der Waals surface area contributed by atoms with Crippen molar-refractivity contribution in [1.82, 2.24) is 0 Å². The van der Waals surface area contributed by atoms with Crippen LogP contribution < -0.4 is 0 Å². The van der Waals surface area contributed by atoms with Gasteiger partial charge < -0.3 is 0 Å². The molecule has 0 saturated heterocycles. The molecule has 1 amide bonds. The molecule has 2 aromatic carbocycles. The summed E-state index contributed by atoms with van der Waals surface area (Å²) in [6.07, 6.45) is 1.33. The van der Waals surface area contributed by atoms with Crippen LogP contribution in [0.1, 0.15) is 11.1 Å². The minimum Gasteiger partial charge on any atom is -0.272 e. The van der Waals surface area contributed by atoms with E-state index in [0.717, 1.165) is 11.1 Å². The molecule has 1 unspecified atom stereocenters. The van der Waals surface area contributed by atoms with Crippen molar-refractivity contribution in [2.45, 2.75) is 12.8 Å². The summed E-state index contributed by atoms with van der Waals surface area (Å²) in [6, 6.07) is 19.8. The second-order valence-corrected chi connectivity index (χ2v) is 8.16. The second kappa shape index (κ2) is 6.44. The zero-order valence-corrected chi connectivity index (χ0v) is 13.2. The largest absolute Gasteiger partial charge is 0.272 e. The SMILES string of the molecule is O=C1N=S(=O)(CCc2ccccc2)C[C@H]1Cc1ccccc1. The van der Waals surface area contributed by atoms with Crippen molar-refractivity contribution in [3.05, 3.63) is 71.8 Å². The maximum Gasteiger partial charge on any atom is 0.258 e. The third kappa shape index (κ3) is 3.63. The monoisotopic (exact) mass is 313 g/mol. The molecular formula is C18H19NO2S. The van der Waals surface area contributed by atoms with E-state index in [0.29, 0.717) is 24.3 Å². The maximum absolute atomic E-state index is 12.8. The molecule has 1 heterocycles. The van der Waals surface area contributed by atoms with Crippen LogP contribution in [0.4, 0.5) is 0 Å². The average Bonchev–Trinajstić information content (AvgIpc) is 2.82. The van der Waals surface area contributed by atoms with Crippen LogP contribution in [0.15, 0.2) is 65.0 Å². The predicted molar refractivity (Wildman–Crippen MR) is 89.1 cm³/mol. The highest BCUT2D eigenvalue weighted by Gasteiger charge is 2.31. The molecule has 3 rings (SSSR count). The van der Waals surface area contributed by atoms with Gasteiger partial charge in [-0.05, 0) is 24.0 Å². The molecule has 1 aliphatic rings. The third-order valence-corrected chi connectivity index (χ3v) is 6.22. The number of carbonyl (C=O) groups is 1. The Kier molecular flexibility index (Phi) is 4.39. The van der Waals surface area contributed by atoms with Crippen molar-refractivity contribution in [3.8, 4) is 0 Å². The summed E-state index contributed by atoms with van der Waals surface area (Å²) in [7, 11) is -2.39. The van der Waals surface area contributed by atoms with E-state index in [2.05, 4.69) is 4.36 Å². The van der Waals surface area contributed by atoms with Gasteiger partial charge in [-0.3, -0.25) is 4.79 Å². The number of benzene rings is 2. The molecule has 2 aromatic rings. The summed E-state index contributed by atoms with van der Waals surface area (Å²) in [4.78, 5) is 12.1. The van der Waals surface area contributed by atoms with Crippen LogP contribution in [0.25, 0.3) is 0 Å². The fourth-order valence-corrected chi connectivity index (χ4v) is 5.01. The first-order valence-corrected chi connectivity index (χ1v) is 9.34. The van der Waals surface area contributed by atoms with Gasteiger partial charge in [0.25, 0.3) is 5.91 Å². The number of aryl methyl sites for hydroxylation is 1. The number of carbonyl (C=O) groups excluding carboxylic acids is 1. The van der Waals surface area contributed by atoms with Crippen LogP contribution >= 0.6 is 0 Å². The summed E-state index contributed by atoms with van der Waals surface area (Å²) in [5.41, 5.74) is 2.24. The van der Waals surface area contributed by atoms with Gasteiger partial charge in [-0.2, -0.15) is 4.36 Å². The number of amides is 1. The molecule has 1 aliphatic heterocycles. The Balaban J connectivity index is 1.65. The van der Waals surface area contributed by atoms with Crippen LogP contribution in [0.3, 0.4) is 0 Å². The average molecular weight is 313 g/mol. The molecule has 0 fully saturated rings. The van der Waals surface area contributed by atoms with Gasteiger partial charge in [-0.15, -0.1) is 0 Å². The van der Waals surface area contributed by atoms with Gasteiger partial charge >= 0.3 is 0 Å². The van der Waals surface area contributed by atoms with Gasteiger partial charge in [0.2, 0.25) is 0 Å². The molecule has 0 aromatic heterocycles. The molecule has 0 saturated carbocycles. The van der Waals surface area contributed by atoms with Crippen LogP contribution in [0, 0.1) is 5.92 Å².